The van der Waals surface area contributed by atoms with Gasteiger partial charge in [0, 0.05) is 24.1 Å². The molecule has 0 amide bonds. The van der Waals surface area contributed by atoms with Crippen LogP contribution in [0.2, 0.25) is 0 Å². The number of aromatic nitrogens is 2. The Morgan fingerprint density at radius 1 is 1.33 bits per heavy atom. The van der Waals surface area contributed by atoms with Gasteiger partial charge in [-0.15, -0.1) is 0 Å². The monoisotopic (exact) mass is 266 g/mol. The number of hydrogen-bond acceptors (Lipinski definition) is 3. The van der Waals surface area contributed by atoms with Crippen molar-refractivity contribution in [1.29, 1.82) is 0 Å². The van der Waals surface area contributed by atoms with Crippen molar-refractivity contribution < 1.29 is 8.42 Å². The highest BCUT2D eigenvalue weighted by molar-refractivity contribution is 7.87. The van der Waals surface area contributed by atoms with E-state index in [0.717, 1.165) is 11.3 Å². The molecule has 3 N–H and O–H groups in total. The molecular formula is C11H14N4O2S. The van der Waals surface area contributed by atoms with Crippen molar-refractivity contribution in [2.75, 3.05) is 0 Å². The van der Waals surface area contributed by atoms with E-state index in [0.29, 0.717) is 0 Å². The minimum atomic E-state index is -3.69. The van der Waals surface area contributed by atoms with Gasteiger partial charge in [-0.1, -0.05) is 12.1 Å². The third-order valence-corrected chi connectivity index (χ3v) is 3.22. The van der Waals surface area contributed by atoms with Crippen LogP contribution in [0.1, 0.15) is 18.5 Å². The van der Waals surface area contributed by atoms with Gasteiger partial charge in [0.15, 0.2) is 0 Å². The summed E-state index contributed by atoms with van der Waals surface area (Å²) in [5.74, 6) is 0. The largest absolute Gasteiger partial charge is 0.306 e. The van der Waals surface area contributed by atoms with Gasteiger partial charge in [-0.05, 0) is 24.6 Å². The fraction of sp³-hybridized carbons (Fsp3) is 0.182. The molecule has 0 spiro atoms. The Bertz CT molecular complexity index is 605. The molecule has 0 fully saturated rings. The normalized spacial score (nSPS) is 13.4. The summed E-state index contributed by atoms with van der Waals surface area (Å²) < 4.78 is 26.0. The van der Waals surface area contributed by atoms with Gasteiger partial charge in [0.05, 0.1) is 6.33 Å². The number of rotatable bonds is 4. The first kappa shape index (κ1) is 12.7. The Morgan fingerprint density at radius 3 is 2.50 bits per heavy atom. The fourth-order valence-corrected chi connectivity index (χ4v) is 2.29. The molecule has 18 heavy (non-hydrogen) atoms. The molecule has 1 aromatic carbocycles. The van der Waals surface area contributed by atoms with Crippen molar-refractivity contribution in [1.82, 2.24) is 14.3 Å². The lowest BCUT2D eigenvalue weighted by Crippen LogP contribution is -2.32. The summed E-state index contributed by atoms with van der Waals surface area (Å²) in [7, 11) is -3.69. The molecule has 7 heteroatoms. The average molecular weight is 266 g/mol. The maximum Gasteiger partial charge on any atom is 0.274 e. The second-order valence-electron chi connectivity index (χ2n) is 3.95. The van der Waals surface area contributed by atoms with Gasteiger partial charge in [0.2, 0.25) is 0 Å². The zero-order valence-corrected chi connectivity index (χ0v) is 10.6. The number of nitrogens with zero attached hydrogens (tertiary/aromatic N) is 2. The number of hydrogen-bond donors (Lipinski definition) is 2. The lowest BCUT2D eigenvalue weighted by Gasteiger charge is -2.12. The van der Waals surface area contributed by atoms with E-state index in [-0.39, 0.29) is 6.04 Å². The summed E-state index contributed by atoms with van der Waals surface area (Å²) in [5.41, 5.74) is 1.80. The summed E-state index contributed by atoms with van der Waals surface area (Å²) in [6.07, 6.45) is 5.22. The second kappa shape index (κ2) is 4.89. The van der Waals surface area contributed by atoms with Gasteiger partial charge in [0.1, 0.15) is 0 Å². The van der Waals surface area contributed by atoms with Gasteiger partial charge in [-0.2, -0.15) is 13.1 Å². The van der Waals surface area contributed by atoms with Gasteiger partial charge in [0.25, 0.3) is 10.2 Å². The molecule has 0 unspecified atom stereocenters. The fourth-order valence-electron chi connectivity index (χ4n) is 1.66. The van der Waals surface area contributed by atoms with E-state index >= 15 is 0 Å². The highest BCUT2D eigenvalue weighted by atomic mass is 32.2. The van der Waals surface area contributed by atoms with Crippen molar-refractivity contribution in [2.24, 2.45) is 5.14 Å². The molecule has 1 atom stereocenters. The van der Waals surface area contributed by atoms with E-state index in [1.165, 1.54) is 0 Å². The zero-order valence-electron chi connectivity index (χ0n) is 9.82. The Kier molecular flexibility index (Phi) is 3.46. The van der Waals surface area contributed by atoms with E-state index in [1.807, 2.05) is 35.0 Å². The minimum Gasteiger partial charge on any atom is -0.306 e. The van der Waals surface area contributed by atoms with Crippen molar-refractivity contribution in [3.05, 3.63) is 48.5 Å². The Balaban J connectivity index is 2.18. The molecule has 0 aliphatic rings. The van der Waals surface area contributed by atoms with Crippen molar-refractivity contribution in [3.63, 3.8) is 0 Å². The molecule has 1 aromatic heterocycles. The van der Waals surface area contributed by atoms with Gasteiger partial charge < -0.3 is 4.57 Å². The van der Waals surface area contributed by atoms with Crippen LogP contribution >= 0.6 is 0 Å². The third kappa shape index (κ3) is 3.16. The lowest BCUT2D eigenvalue weighted by molar-refractivity contribution is 0.568. The quantitative estimate of drug-likeness (QED) is 0.854. The minimum absolute atomic E-state index is 0.364. The van der Waals surface area contributed by atoms with E-state index in [4.69, 9.17) is 5.14 Å². The highest BCUT2D eigenvalue weighted by Crippen LogP contribution is 2.15. The van der Waals surface area contributed by atoms with Crippen LogP contribution in [0.4, 0.5) is 0 Å². The summed E-state index contributed by atoms with van der Waals surface area (Å²) in [6.45, 7) is 1.73. The Labute approximate surface area is 106 Å². The summed E-state index contributed by atoms with van der Waals surface area (Å²) in [5, 5.41) is 4.93. The number of imidazole rings is 1. The lowest BCUT2D eigenvalue weighted by atomic mass is 10.1. The summed E-state index contributed by atoms with van der Waals surface area (Å²) >= 11 is 0. The summed E-state index contributed by atoms with van der Waals surface area (Å²) in [4.78, 5) is 3.96. The molecule has 2 rings (SSSR count). The molecule has 1 heterocycles. The van der Waals surface area contributed by atoms with E-state index in [2.05, 4.69) is 9.71 Å². The van der Waals surface area contributed by atoms with Gasteiger partial charge in [-0.3, -0.25) is 0 Å². The first-order valence-electron chi connectivity index (χ1n) is 5.34. The molecule has 0 aliphatic carbocycles. The number of benzene rings is 1. The van der Waals surface area contributed by atoms with E-state index < -0.39 is 10.2 Å². The van der Waals surface area contributed by atoms with Crippen LogP contribution in [0.5, 0.6) is 0 Å². The molecule has 6 nitrogen and oxygen atoms in total. The SMILES string of the molecule is C[C@H](NS(N)(=O)=O)c1ccc(-n2ccnc2)cc1. The predicted octanol–water partition coefficient (Wildman–Crippen LogP) is 0.726. The maximum absolute atomic E-state index is 10.9. The third-order valence-electron chi connectivity index (χ3n) is 2.54. The topological polar surface area (TPSA) is 90.0 Å². The molecule has 0 aliphatic heterocycles. The Morgan fingerprint density at radius 2 is 2.00 bits per heavy atom. The van der Waals surface area contributed by atoms with Crippen molar-refractivity contribution in [3.8, 4) is 5.69 Å². The van der Waals surface area contributed by atoms with Crippen LogP contribution in [0, 0.1) is 0 Å². The van der Waals surface area contributed by atoms with Crippen LogP contribution in [-0.4, -0.2) is 18.0 Å². The second-order valence-corrected chi connectivity index (χ2v) is 5.27. The molecule has 0 bridgehead atoms. The Hall–Kier alpha value is -1.70. The van der Waals surface area contributed by atoms with Crippen LogP contribution in [0.3, 0.4) is 0 Å². The molecular weight excluding hydrogens is 252 g/mol. The average Bonchev–Trinajstić information content (AvgIpc) is 2.80. The van der Waals surface area contributed by atoms with Gasteiger partial charge >= 0.3 is 0 Å². The van der Waals surface area contributed by atoms with Crippen LogP contribution < -0.4 is 9.86 Å². The van der Waals surface area contributed by atoms with E-state index in [1.54, 1.807) is 19.4 Å². The molecule has 0 radical (unpaired) electrons. The van der Waals surface area contributed by atoms with Crippen molar-refractivity contribution >= 4 is 10.2 Å². The summed E-state index contributed by atoms with van der Waals surface area (Å²) in [6, 6.07) is 7.10. The maximum atomic E-state index is 10.9. The first-order chi connectivity index (χ1) is 8.46. The van der Waals surface area contributed by atoms with Crippen LogP contribution in [0.15, 0.2) is 43.0 Å². The molecule has 0 saturated carbocycles. The van der Waals surface area contributed by atoms with Crippen molar-refractivity contribution in [2.45, 2.75) is 13.0 Å². The van der Waals surface area contributed by atoms with Crippen LogP contribution in [0.25, 0.3) is 5.69 Å². The highest BCUT2D eigenvalue weighted by Gasteiger charge is 2.10. The van der Waals surface area contributed by atoms with Gasteiger partial charge in [-0.25, -0.2) is 10.1 Å². The molecule has 0 saturated heterocycles. The number of nitrogens with one attached hydrogen (secondary N) is 1. The molecule has 2 aromatic rings. The zero-order chi connectivity index (χ0) is 13.2. The van der Waals surface area contributed by atoms with E-state index in [9.17, 15) is 8.42 Å². The molecule has 96 valence electrons. The number of nitrogens with two attached hydrogens (primary N) is 1. The standard InChI is InChI=1S/C11H14N4O2S/c1-9(14-18(12,16)17)10-2-4-11(5-3-10)15-7-6-13-8-15/h2-9,14H,1H3,(H2,12,16,17)/t9-/m0/s1. The first-order valence-corrected chi connectivity index (χ1v) is 6.89. The smallest absolute Gasteiger partial charge is 0.274 e. The predicted molar refractivity (Wildman–Crippen MR) is 68.2 cm³/mol. The van der Waals surface area contributed by atoms with Crippen LogP contribution in [-0.2, 0) is 10.2 Å².